The summed E-state index contributed by atoms with van der Waals surface area (Å²) in [6.07, 6.45) is 2.85. The zero-order valence-corrected chi connectivity index (χ0v) is 21.0. The fraction of sp³-hybridized carbons (Fsp3) is 0.917. The lowest BCUT2D eigenvalue weighted by atomic mass is 10.1. The minimum atomic E-state index is 0.534. The van der Waals surface area contributed by atoms with E-state index in [9.17, 15) is 0 Å². The summed E-state index contributed by atoms with van der Waals surface area (Å²) < 4.78 is 48.7. The lowest BCUT2D eigenvalue weighted by molar-refractivity contribution is -0.0252. The Morgan fingerprint density at radius 1 is 0.485 bits per heavy atom. The molecule has 198 valence electrons. The van der Waals surface area contributed by atoms with Gasteiger partial charge in [0, 0.05) is 6.61 Å². The smallest absolute Gasteiger partial charge is 0.0704 e. The summed E-state index contributed by atoms with van der Waals surface area (Å²) in [5, 5.41) is 0. The predicted octanol–water partition coefficient (Wildman–Crippen LogP) is 2.37. The maximum Gasteiger partial charge on any atom is 0.0704 e. The van der Waals surface area contributed by atoms with Crippen molar-refractivity contribution < 1.29 is 42.6 Å². The van der Waals surface area contributed by atoms with E-state index in [1.165, 1.54) is 0 Å². The van der Waals surface area contributed by atoms with E-state index in [2.05, 4.69) is 20.4 Å². The van der Waals surface area contributed by atoms with Gasteiger partial charge >= 0.3 is 0 Å². The molecule has 0 aromatic heterocycles. The molecule has 0 aromatic rings. The fourth-order valence-corrected chi connectivity index (χ4v) is 2.23. The summed E-state index contributed by atoms with van der Waals surface area (Å²) in [6.45, 7) is 18.2. The van der Waals surface area contributed by atoms with E-state index < -0.39 is 0 Å². The van der Waals surface area contributed by atoms with Crippen LogP contribution in [-0.4, -0.2) is 119 Å². The SMILES string of the molecule is C=CCOCCOCCOCCOCCOCCOCCOCCOCCOCC(C)CC. The van der Waals surface area contributed by atoms with Gasteiger partial charge in [0.15, 0.2) is 0 Å². The van der Waals surface area contributed by atoms with Crippen molar-refractivity contribution in [2.24, 2.45) is 5.92 Å². The predicted molar refractivity (Wildman–Crippen MR) is 127 cm³/mol. The minimum absolute atomic E-state index is 0.534. The second kappa shape index (κ2) is 29.4. The average Bonchev–Trinajstić information content (AvgIpc) is 2.83. The first-order valence-electron chi connectivity index (χ1n) is 12.1. The lowest BCUT2D eigenvalue weighted by Crippen LogP contribution is -2.15. The van der Waals surface area contributed by atoms with Crippen LogP contribution in [0.4, 0.5) is 0 Å². The number of hydrogen-bond donors (Lipinski definition) is 0. The van der Waals surface area contributed by atoms with Crippen molar-refractivity contribution in [2.75, 3.05) is 119 Å². The van der Waals surface area contributed by atoms with Gasteiger partial charge in [-0.1, -0.05) is 26.3 Å². The normalized spacial score (nSPS) is 12.3. The van der Waals surface area contributed by atoms with Crippen molar-refractivity contribution in [3.63, 3.8) is 0 Å². The van der Waals surface area contributed by atoms with Crippen molar-refractivity contribution in [1.29, 1.82) is 0 Å². The average molecular weight is 481 g/mol. The van der Waals surface area contributed by atoms with Crippen LogP contribution in [0.15, 0.2) is 12.7 Å². The molecule has 0 bridgehead atoms. The van der Waals surface area contributed by atoms with Crippen LogP contribution in [0, 0.1) is 5.92 Å². The van der Waals surface area contributed by atoms with Crippen molar-refractivity contribution in [2.45, 2.75) is 20.3 Å². The van der Waals surface area contributed by atoms with Crippen LogP contribution in [0.25, 0.3) is 0 Å². The molecule has 0 spiro atoms. The van der Waals surface area contributed by atoms with Crippen LogP contribution in [0.5, 0.6) is 0 Å². The molecule has 0 saturated carbocycles. The van der Waals surface area contributed by atoms with Crippen LogP contribution < -0.4 is 0 Å². The monoisotopic (exact) mass is 480 g/mol. The van der Waals surface area contributed by atoms with Crippen LogP contribution in [0.2, 0.25) is 0 Å². The maximum atomic E-state index is 5.52. The quantitative estimate of drug-likeness (QED) is 0.118. The van der Waals surface area contributed by atoms with Gasteiger partial charge in [-0.15, -0.1) is 6.58 Å². The topological polar surface area (TPSA) is 83.1 Å². The Morgan fingerprint density at radius 2 is 0.758 bits per heavy atom. The summed E-state index contributed by atoms with van der Waals surface area (Å²) in [4.78, 5) is 0. The molecule has 33 heavy (non-hydrogen) atoms. The molecule has 0 aromatic carbocycles. The molecule has 0 aliphatic carbocycles. The largest absolute Gasteiger partial charge is 0.379 e. The summed E-state index contributed by atoms with van der Waals surface area (Å²) in [6, 6.07) is 0. The van der Waals surface area contributed by atoms with Gasteiger partial charge in [-0.3, -0.25) is 0 Å². The van der Waals surface area contributed by atoms with E-state index in [0.29, 0.717) is 118 Å². The van der Waals surface area contributed by atoms with Crippen molar-refractivity contribution in [1.82, 2.24) is 0 Å². The molecule has 1 atom stereocenters. The van der Waals surface area contributed by atoms with Crippen LogP contribution in [0.1, 0.15) is 20.3 Å². The molecule has 9 nitrogen and oxygen atoms in total. The van der Waals surface area contributed by atoms with E-state index in [-0.39, 0.29) is 0 Å². The van der Waals surface area contributed by atoms with Gasteiger partial charge in [-0.05, 0) is 5.92 Å². The Hall–Kier alpha value is -0.620. The highest BCUT2D eigenvalue weighted by atomic mass is 16.6. The highest BCUT2D eigenvalue weighted by Gasteiger charge is 1.98. The molecule has 1 unspecified atom stereocenters. The van der Waals surface area contributed by atoms with Crippen LogP contribution in [0.3, 0.4) is 0 Å². The van der Waals surface area contributed by atoms with Gasteiger partial charge in [0.2, 0.25) is 0 Å². The van der Waals surface area contributed by atoms with Crippen molar-refractivity contribution in [3.05, 3.63) is 12.7 Å². The highest BCUT2D eigenvalue weighted by molar-refractivity contribution is 4.63. The van der Waals surface area contributed by atoms with Gasteiger partial charge in [-0.2, -0.15) is 0 Å². The van der Waals surface area contributed by atoms with Crippen molar-refractivity contribution >= 4 is 0 Å². The standard InChI is InChI=1S/C24H48O9/c1-4-6-25-7-8-26-9-10-27-11-12-28-13-14-29-15-16-30-17-18-31-19-20-32-21-22-33-23-24(3)5-2/h4,24H,1,5-23H2,2-3H3. The molecule has 0 fully saturated rings. The van der Waals surface area contributed by atoms with Gasteiger partial charge in [0.1, 0.15) is 0 Å². The Kier molecular flexibility index (Phi) is 28.9. The molecule has 9 heteroatoms. The van der Waals surface area contributed by atoms with E-state index in [0.717, 1.165) is 13.0 Å². The van der Waals surface area contributed by atoms with Gasteiger partial charge < -0.3 is 42.6 Å². The zero-order valence-electron chi connectivity index (χ0n) is 21.0. The first kappa shape index (κ1) is 32.4. The van der Waals surface area contributed by atoms with Crippen LogP contribution in [-0.2, 0) is 42.6 Å². The number of ether oxygens (including phenoxy) is 9. The molecule has 0 amide bonds. The fourth-order valence-electron chi connectivity index (χ4n) is 2.23. The zero-order chi connectivity index (χ0) is 24.1. The molecular weight excluding hydrogens is 432 g/mol. The van der Waals surface area contributed by atoms with E-state index in [4.69, 9.17) is 42.6 Å². The summed E-state index contributed by atoms with van der Waals surface area (Å²) >= 11 is 0. The summed E-state index contributed by atoms with van der Waals surface area (Å²) in [5.74, 6) is 0.604. The van der Waals surface area contributed by atoms with E-state index in [1.54, 1.807) is 6.08 Å². The Balaban J connectivity index is 3.02. The second-order valence-electron chi connectivity index (χ2n) is 7.24. The first-order valence-corrected chi connectivity index (χ1v) is 12.1. The number of rotatable bonds is 29. The summed E-state index contributed by atoms with van der Waals surface area (Å²) in [5.41, 5.74) is 0. The molecule has 0 aliphatic rings. The number of hydrogen-bond acceptors (Lipinski definition) is 9. The second-order valence-corrected chi connectivity index (χ2v) is 7.24. The molecule has 0 rings (SSSR count). The van der Waals surface area contributed by atoms with Gasteiger partial charge in [0.25, 0.3) is 0 Å². The molecule has 0 heterocycles. The first-order chi connectivity index (χ1) is 16.3. The molecule has 0 radical (unpaired) electrons. The van der Waals surface area contributed by atoms with E-state index in [1.807, 2.05) is 0 Å². The highest BCUT2D eigenvalue weighted by Crippen LogP contribution is 1.99. The van der Waals surface area contributed by atoms with E-state index >= 15 is 0 Å². The third-order valence-electron chi connectivity index (χ3n) is 4.31. The third kappa shape index (κ3) is 29.3. The Bertz CT molecular complexity index is 372. The maximum absolute atomic E-state index is 5.52. The lowest BCUT2D eigenvalue weighted by Gasteiger charge is -2.10. The third-order valence-corrected chi connectivity index (χ3v) is 4.31. The summed E-state index contributed by atoms with van der Waals surface area (Å²) in [7, 11) is 0. The van der Waals surface area contributed by atoms with Crippen LogP contribution >= 0.6 is 0 Å². The Labute approximate surface area is 200 Å². The molecule has 0 saturated heterocycles. The van der Waals surface area contributed by atoms with Gasteiger partial charge in [0.05, 0.1) is 112 Å². The Morgan fingerprint density at radius 3 is 1.03 bits per heavy atom. The van der Waals surface area contributed by atoms with Gasteiger partial charge in [-0.25, -0.2) is 0 Å². The molecular formula is C24H48O9. The minimum Gasteiger partial charge on any atom is -0.379 e. The molecule has 0 N–H and O–H groups in total. The molecule has 0 aliphatic heterocycles. The van der Waals surface area contributed by atoms with Crippen molar-refractivity contribution in [3.8, 4) is 0 Å².